The van der Waals surface area contributed by atoms with Crippen LogP contribution in [0.1, 0.15) is 29.4 Å². The quantitative estimate of drug-likeness (QED) is 0.851. The Hall–Kier alpha value is -2.68. The van der Waals surface area contributed by atoms with E-state index >= 15 is 0 Å². The van der Waals surface area contributed by atoms with E-state index in [-0.39, 0.29) is 5.69 Å². The van der Waals surface area contributed by atoms with Crippen LogP contribution in [-0.4, -0.2) is 33.9 Å². The SMILES string of the molecule is COc1cnc(C(=O)Nc2ccc(F)c([C@@]3(C)CCSC(N)=N3)c2)cn1. The van der Waals surface area contributed by atoms with E-state index in [1.165, 1.54) is 43.4 Å². The van der Waals surface area contributed by atoms with Gasteiger partial charge in [0.2, 0.25) is 5.88 Å². The van der Waals surface area contributed by atoms with Crippen LogP contribution in [-0.2, 0) is 5.54 Å². The summed E-state index contributed by atoms with van der Waals surface area (Å²) in [5.41, 5.74) is 6.00. The number of ether oxygens (including phenoxy) is 1. The lowest BCUT2D eigenvalue weighted by atomic mass is 9.89. The molecule has 0 unspecified atom stereocenters. The molecule has 0 saturated heterocycles. The van der Waals surface area contributed by atoms with Crippen molar-refractivity contribution in [2.45, 2.75) is 18.9 Å². The Morgan fingerprint density at radius 2 is 2.19 bits per heavy atom. The van der Waals surface area contributed by atoms with Gasteiger partial charge in [-0.1, -0.05) is 11.8 Å². The van der Waals surface area contributed by atoms with Crippen LogP contribution in [0.2, 0.25) is 0 Å². The van der Waals surface area contributed by atoms with Crippen LogP contribution < -0.4 is 15.8 Å². The minimum Gasteiger partial charge on any atom is -0.480 e. The predicted molar refractivity (Wildman–Crippen MR) is 99.0 cm³/mol. The number of nitrogens with one attached hydrogen (secondary N) is 1. The highest BCUT2D eigenvalue weighted by Gasteiger charge is 2.32. The van der Waals surface area contributed by atoms with Crippen molar-refractivity contribution in [1.29, 1.82) is 0 Å². The molecule has 9 heteroatoms. The molecule has 0 saturated carbocycles. The number of nitrogens with two attached hydrogens (primary N) is 1. The van der Waals surface area contributed by atoms with Crippen LogP contribution in [0.3, 0.4) is 0 Å². The first-order valence-electron chi connectivity index (χ1n) is 7.87. The number of benzene rings is 1. The molecular formula is C17H18FN5O2S. The lowest BCUT2D eigenvalue weighted by molar-refractivity contribution is 0.102. The van der Waals surface area contributed by atoms with Crippen molar-refractivity contribution in [1.82, 2.24) is 9.97 Å². The van der Waals surface area contributed by atoms with E-state index in [1.54, 1.807) is 6.07 Å². The molecule has 0 bridgehead atoms. The van der Waals surface area contributed by atoms with Crippen LogP contribution >= 0.6 is 11.8 Å². The lowest BCUT2D eigenvalue weighted by Crippen LogP contribution is -2.29. The maximum atomic E-state index is 14.4. The molecule has 1 aromatic carbocycles. The molecule has 136 valence electrons. The fourth-order valence-corrected chi connectivity index (χ4v) is 3.61. The zero-order chi connectivity index (χ0) is 18.7. The van der Waals surface area contributed by atoms with Gasteiger partial charge in [0.1, 0.15) is 11.5 Å². The minimum atomic E-state index is -0.764. The van der Waals surface area contributed by atoms with Gasteiger partial charge in [0.15, 0.2) is 5.17 Å². The normalized spacial score (nSPS) is 19.6. The van der Waals surface area contributed by atoms with E-state index < -0.39 is 17.3 Å². The summed E-state index contributed by atoms with van der Waals surface area (Å²) < 4.78 is 19.3. The summed E-state index contributed by atoms with van der Waals surface area (Å²) in [5, 5.41) is 3.13. The number of rotatable bonds is 4. The molecule has 1 aromatic heterocycles. The molecule has 3 N–H and O–H groups in total. The summed E-state index contributed by atoms with van der Waals surface area (Å²) >= 11 is 1.45. The van der Waals surface area contributed by atoms with Gasteiger partial charge in [-0.25, -0.2) is 14.4 Å². The predicted octanol–water partition coefficient (Wildman–Crippen LogP) is 2.54. The molecule has 0 radical (unpaired) electrons. The number of hydrogen-bond donors (Lipinski definition) is 2. The largest absolute Gasteiger partial charge is 0.480 e. The van der Waals surface area contributed by atoms with Gasteiger partial charge in [-0.15, -0.1) is 0 Å². The van der Waals surface area contributed by atoms with Crippen molar-refractivity contribution < 1.29 is 13.9 Å². The molecule has 7 nitrogen and oxygen atoms in total. The van der Waals surface area contributed by atoms with Crippen LogP contribution in [0, 0.1) is 5.82 Å². The molecule has 1 aliphatic rings. The summed E-state index contributed by atoms with van der Waals surface area (Å²) in [6, 6.07) is 4.38. The summed E-state index contributed by atoms with van der Waals surface area (Å²) in [4.78, 5) is 24.7. The number of carbonyl (C=O) groups excluding carboxylic acids is 1. The Bertz CT molecular complexity index is 859. The molecule has 3 rings (SSSR count). The summed E-state index contributed by atoms with van der Waals surface area (Å²) in [6.07, 6.45) is 3.31. The molecule has 0 spiro atoms. The van der Waals surface area contributed by atoms with Crippen molar-refractivity contribution in [3.05, 3.63) is 47.7 Å². The van der Waals surface area contributed by atoms with E-state index in [0.717, 1.165) is 5.75 Å². The van der Waals surface area contributed by atoms with Crippen LogP contribution in [0.5, 0.6) is 5.88 Å². The smallest absolute Gasteiger partial charge is 0.275 e. The van der Waals surface area contributed by atoms with Gasteiger partial charge in [-0.05, 0) is 31.5 Å². The van der Waals surface area contributed by atoms with Crippen molar-refractivity contribution >= 4 is 28.5 Å². The van der Waals surface area contributed by atoms with Gasteiger partial charge in [-0.3, -0.25) is 9.79 Å². The first-order valence-corrected chi connectivity index (χ1v) is 8.85. The Morgan fingerprint density at radius 3 is 2.85 bits per heavy atom. The Kier molecular flexibility index (Phi) is 5.08. The van der Waals surface area contributed by atoms with Gasteiger partial charge in [0.25, 0.3) is 5.91 Å². The Balaban J connectivity index is 1.85. The number of amides is 1. The van der Waals surface area contributed by atoms with Crippen molar-refractivity contribution in [3.63, 3.8) is 0 Å². The van der Waals surface area contributed by atoms with E-state index in [1.807, 2.05) is 6.92 Å². The van der Waals surface area contributed by atoms with Crippen molar-refractivity contribution in [2.24, 2.45) is 10.7 Å². The second-order valence-electron chi connectivity index (χ2n) is 5.92. The average molecular weight is 375 g/mol. The van der Waals surface area contributed by atoms with E-state index in [2.05, 4.69) is 20.3 Å². The number of aromatic nitrogens is 2. The molecule has 1 aliphatic heterocycles. The first kappa shape index (κ1) is 18.1. The molecule has 2 heterocycles. The third-order valence-corrected chi connectivity index (χ3v) is 4.87. The summed E-state index contributed by atoms with van der Waals surface area (Å²) in [5.74, 6) is 0.218. The van der Waals surface area contributed by atoms with E-state index in [9.17, 15) is 9.18 Å². The number of amidine groups is 1. The number of hydrogen-bond acceptors (Lipinski definition) is 7. The van der Waals surface area contributed by atoms with Gasteiger partial charge in [0, 0.05) is 17.0 Å². The molecule has 0 fully saturated rings. The Morgan fingerprint density at radius 1 is 1.38 bits per heavy atom. The molecule has 26 heavy (non-hydrogen) atoms. The first-order chi connectivity index (χ1) is 12.4. The Labute approximate surface area is 154 Å². The second-order valence-corrected chi connectivity index (χ2v) is 7.03. The molecular weight excluding hydrogens is 357 g/mol. The van der Waals surface area contributed by atoms with Gasteiger partial charge >= 0.3 is 0 Å². The lowest BCUT2D eigenvalue weighted by Gasteiger charge is -2.30. The fraction of sp³-hybridized carbons (Fsp3) is 0.294. The summed E-state index contributed by atoms with van der Waals surface area (Å²) in [7, 11) is 1.46. The highest BCUT2D eigenvalue weighted by atomic mass is 32.2. The van der Waals surface area contributed by atoms with Gasteiger partial charge in [-0.2, -0.15) is 0 Å². The topological polar surface area (TPSA) is 102 Å². The minimum absolute atomic E-state index is 0.124. The van der Waals surface area contributed by atoms with Crippen molar-refractivity contribution in [2.75, 3.05) is 18.2 Å². The zero-order valence-corrected chi connectivity index (χ0v) is 15.1. The van der Waals surface area contributed by atoms with Crippen LogP contribution in [0.15, 0.2) is 35.6 Å². The summed E-state index contributed by atoms with van der Waals surface area (Å²) in [6.45, 7) is 1.83. The second kappa shape index (κ2) is 7.28. The standard InChI is InChI=1S/C17H18FN5O2S/c1-17(5-6-26-16(19)23-17)11-7-10(3-4-12(11)18)22-15(24)13-8-21-14(25-2)9-20-13/h3-4,7-9H,5-6H2,1-2H3,(H2,19,23)(H,22,24)/t17-/m1/s1. The number of halogens is 1. The van der Waals surface area contributed by atoms with Gasteiger partial charge < -0.3 is 15.8 Å². The molecule has 1 atom stereocenters. The monoisotopic (exact) mass is 375 g/mol. The van der Waals surface area contributed by atoms with Crippen molar-refractivity contribution in [3.8, 4) is 5.88 Å². The van der Waals surface area contributed by atoms with E-state index in [0.29, 0.717) is 28.7 Å². The van der Waals surface area contributed by atoms with E-state index in [4.69, 9.17) is 10.5 Å². The maximum absolute atomic E-state index is 14.4. The fourth-order valence-electron chi connectivity index (χ4n) is 2.63. The number of aliphatic imine (C=N–C) groups is 1. The third-order valence-electron chi connectivity index (χ3n) is 4.07. The average Bonchev–Trinajstić information content (AvgIpc) is 2.63. The number of nitrogens with zero attached hydrogens (tertiary/aromatic N) is 3. The maximum Gasteiger partial charge on any atom is 0.275 e. The zero-order valence-electron chi connectivity index (χ0n) is 14.3. The highest BCUT2D eigenvalue weighted by Crippen LogP contribution is 2.37. The molecule has 0 aliphatic carbocycles. The number of methoxy groups -OCH3 is 1. The van der Waals surface area contributed by atoms with Crippen LogP contribution in [0.25, 0.3) is 0 Å². The molecule has 1 amide bonds. The van der Waals surface area contributed by atoms with Gasteiger partial charge in [0.05, 0.1) is 25.0 Å². The third kappa shape index (κ3) is 3.77. The van der Waals surface area contributed by atoms with Crippen LogP contribution in [0.4, 0.5) is 10.1 Å². The number of carbonyl (C=O) groups is 1. The number of anilines is 1. The highest BCUT2D eigenvalue weighted by molar-refractivity contribution is 8.13. The number of thioether (sulfide) groups is 1. The molecule has 2 aromatic rings.